The number of rotatable bonds is 6. The summed E-state index contributed by atoms with van der Waals surface area (Å²) in [5.41, 5.74) is -0.639. The number of halogens is 1. The molecule has 3 aliphatic heterocycles. The molecule has 3 heterocycles. The van der Waals surface area contributed by atoms with Crippen LogP contribution >= 0.6 is 11.6 Å². The molecule has 0 spiro atoms. The highest BCUT2D eigenvalue weighted by atomic mass is 35.5. The van der Waals surface area contributed by atoms with Gasteiger partial charge in [-0.15, -0.1) is 0 Å². The van der Waals surface area contributed by atoms with E-state index in [4.69, 9.17) is 35.3 Å². The fourth-order valence-corrected chi connectivity index (χ4v) is 6.88. The molecule has 13 heteroatoms. The summed E-state index contributed by atoms with van der Waals surface area (Å²) in [4.78, 5) is 43.4. The molecule has 1 aromatic carbocycles. The number of alkyl carbamates (subject to hydrolysis) is 1. The summed E-state index contributed by atoms with van der Waals surface area (Å²) in [6, 6.07) is 3.10. The molecular weight excluding hydrogens is 630 g/mol. The third-order valence-corrected chi connectivity index (χ3v) is 9.87. The summed E-state index contributed by atoms with van der Waals surface area (Å²) in [5.74, 6) is -0.892. The average Bonchev–Trinajstić information content (AvgIpc) is 3.70. The molecule has 12 nitrogen and oxygen atoms in total. The van der Waals surface area contributed by atoms with Gasteiger partial charge in [0.1, 0.15) is 40.7 Å². The zero-order valence-electron chi connectivity index (χ0n) is 28.7. The molecule has 0 aromatic heterocycles. The molecule has 0 unspecified atom stereocenters. The van der Waals surface area contributed by atoms with E-state index in [0.717, 1.165) is 11.1 Å². The van der Waals surface area contributed by atoms with Gasteiger partial charge in [0.2, 0.25) is 5.91 Å². The van der Waals surface area contributed by atoms with Gasteiger partial charge in [-0.25, -0.2) is 4.79 Å². The van der Waals surface area contributed by atoms with Crippen LogP contribution in [0.3, 0.4) is 0 Å². The molecule has 260 valence electrons. The van der Waals surface area contributed by atoms with Crippen LogP contribution in [0.15, 0.2) is 35.9 Å². The van der Waals surface area contributed by atoms with E-state index in [1.165, 1.54) is 19.1 Å². The number of epoxide rings is 1. The number of esters is 1. The van der Waals surface area contributed by atoms with Crippen LogP contribution in [0.25, 0.3) is 0 Å². The number of fused-ring (bicyclic) bond motifs is 5. The van der Waals surface area contributed by atoms with Gasteiger partial charge in [-0.3, -0.25) is 19.8 Å². The zero-order chi connectivity index (χ0) is 34.8. The Morgan fingerprint density at radius 3 is 2.60 bits per heavy atom. The number of nitrogens with one attached hydrogen (secondary N) is 1. The Morgan fingerprint density at radius 2 is 1.98 bits per heavy atom. The van der Waals surface area contributed by atoms with E-state index in [-0.39, 0.29) is 23.8 Å². The number of benzene rings is 1. The van der Waals surface area contributed by atoms with Crippen molar-refractivity contribution in [2.75, 3.05) is 40.3 Å². The fraction of sp³-hybridized carbons (Fsp3) is 0.618. The number of carbonyl (C=O) groups is 3. The van der Waals surface area contributed by atoms with Crippen LogP contribution in [-0.2, 0) is 35.0 Å². The fourth-order valence-electron chi connectivity index (χ4n) is 6.57. The number of hydrogen-bond acceptors (Lipinski definition) is 10. The number of ether oxygens (including phenoxy) is 5. The molecule has 0 aliphatic carbocycles. The quantitative estimate of drug-likeness (QED) is 0.335. The normalized spacial score (nSPS) is 33.9. The van der Waals surface area contributed by atoms with Crippen LogP contribution in [0.4, 0.5) is 10.5 Å². The minimum absolute atomic E-state index is 0.00379. The largest absolute Gasteiger partial charge is 0.495 e. The van der Waals surface area contributed by atoms with Crippen molar-refractivity contribution in [1.29, 1.82) is 0 Å². The van der Waals surface area contributed by atoms with Crippen LogP contribution in [0.5, 0.6) is 5.75 Å². The summed E-state index contributed by atoms with van der Waals surface area (Å²) < 4.78 is 29.2. The standard InChI is InChI=1S/C34H48ClN3O9/c1-10-22(37(5)6)31(40)46-27-17-28(39)38(7)23-15-21(16-24(43-8)29(23)35)14-19(2)12-11-13-26(44-9)34(42)18-25(45-32(41)36-34)20(3)30-33(27,4)47-30/h11-13,15-16,20,22,25-27,30,42H,10,14,17-18H2,1-9H3,(H,36,41)/b13-11+,19-12+/t20-,22+,25+,26-,27+,30+,33+,34+/m1/s1. The van der Waals surface area contributed by atoms with Crippen LogP contribution in [0, 0.1) is 5.92 Å². The molecule has 8 atom stereocenters. The number of methoxy groups -OCH3 is 2. The van der Waals surface area contributed by atoms with Gasteiger partial charge in [-0.05, 0) is 58.5 Å². The summed E-state index contributed by atoms with van der Waals surface area (Å²) >= 11 is 6.73. The van der Waals surface area contributed by atoms with E-state index in [2.05, 4.69) is 5.32 Å². The topological polar surface area (TPSA) is 139 Å². The van der Waals surface area contributed by atoms with E-state index in [0.29, 0.717) is 24.3 Å². The lowest BCUT2D eigenvalue weighted by Crippen LogP contribution is -2.63. The van der Waals surface area contributed by atoms with E-state index >= 15 is 0 Å². The summed E-state index contributed by atoms with van der Waals surface area (Å²) in [6.07, 6.45) is 2.05. The molecule has 0 radical (unpaired) electrons. The second-order valence-electron chi connectivity index (χ2n) is 13.1. The van der Waals surface area contributed by atoms with Crippen molar-refractivity contribution in [2.45, 2.75) is 95.2 Å². The Bertz CT molecular complexity index is 1420. The lowest BCUT2D eigenvalue weighted by molar-refractivity contribution is -0.159. The van der Waals surface area contributed by atoms with Gasteiger partial charge < -0.3 is 33.7 Å². The van der Waals surface area contributed by atoms with Crippen molar-refractivity contribution < 1.29 is 43.2 Å². The maximum Gasteiger partial charge on any atom is 0.409 e. The Balaban J connectivity index is 1.80. The Hall–Kier alpha value is -3.16. The van der Waals surface area contributed by atoms with Crippen molar-refractivity contribution >= 4 is 35.3 Å². The van der Waals surface area contributed by atoms with Crippen LogP contribution in [0.1, 0.15) is 52.5 Å². The van der Waals surface area contributed by atoms with Crippen molar-refractivity contribution in [3.05, 3.63) is 46.5 Å². The Morgan fingerprint density at radius 1 is 1.28 bits per heavy atom. The molecule has 4 rings (SSSR count). The second-order valence-corrected chi connectivity index (χ2v) is 13.5. The first-order valence-electron chi connectivity index (χ1n) is 15.8. The predicted molar refractivity (Wildman–Crippen MR) is 176 cm³/mol. The highest BCUT2D eigenvalue weighted by Crippen LogP contribution is 2.49. The number of carbonyl (C=O) groups excluding carboxylic acids is 3. The summed E-state index contributed by atoms with van der Waals surface area (Å²) in [7, 11) is 8.15. The first-order valence-corrected chi connectivity index (χ1v) is 16.2. The Labute approximate surface area is 281 Å². The van der Waals surface area contributed by atoms with Gasteiger partial charge >= 0.3 is 12.1 Å². The molecular formula is C34H48ClN3O9. The number of likely N-dealkylation sites (N-methyl/N-ethyl adjacent to an activating group) is 1. The second kappa shape index (κ2) is 14.5. The first-order chi connectivity index (χ1) is 22.1. The van der Waals surface area contributed by atoms with Crippen LogP contribution < -0.4 is 15.0 Å². The monoisotopic (exact) mass is 677 g/mol. The number of allylic oxidation sites excluding steroid dienone is 3. The number of aliphatic hydroxyl groups is 1. The third kappa shape index (κ3) is 7.78. The van der Waals surface area contributed by atoms with Crippen LogP contribution in [0.2, 0.25) is 5.02 Å². The smallest absolute Gasteiger partial charge is 0.409 e. The lowest BCUT2D eigenvalue weighted by Gasteiger charge is -2.42. The molecule has 2 N–H and O–H groups in total. The number of anilines is 1. The van der Waals surface area contributed by atoms with Crippen molar-refractivity contribution in [1.82, 2.24) is 10.2 Å². The highest BCUT2D eigenvalue weighted by Gasteiger charge is 2.64. The molecule has 2 saturated heterocycles. The van der Waals surface area contributed by atoms with Gasteiger partial charge in [0, 0.05) is 26.5 Å². The van der Waals surface area contributed by atoms with E-state index in [1.807, 2.05) is 39.0 Å². The average molecular weight is 678 g/mol. The maximum absolute atomic E-state index is 14.0. The maximum atomic E-state index is 14.0. The van der Waals surface area contributed by atoms with Gasteiger partial charge in [0.25, 0.3) is 0 Å². The van der Waals surface area contributed by atoms with Crippen molar-refractivity contribution in [3.63, 3.8) is 0 Å². The van der Waals surface area contributed by atoms with Gasteiger partial charge in [0.15, 0.2) is 5.72 Å². The van der Waals surface area contributed by atoms with Crippen molar-refractivity contribution in [2.24, 2.45) is 5.92 Å². The molecule has 47 heavy (non-hydrogen) atoms. The number of hydrogen-bond donors (Lipinski definition) is 2. The third-order valence-electron chi connectivity index (χ3n) is 9.49. The minimum Gasteiger partial charge on any atom is -0.495 e. The molecule has 2 amide bonds. The summed E-state index contributed by atoms with van der Waals surface area (Å²) in [5, 5.41) is 14.5. The number of nitrogens with zero attached hydrogens (tertiary/aromatic N) is 2. The zero-order valence-corrected chi connectivity index (χ0v) is 29.4. The van der Waals surface area contributed by atoms with E-state index in [1.54, 1.807) is 45.1 Å². The lowest BCUT2D eigenvalue weighted by atomic mass is 9.83. The van der Waals surface area contributed by atoms with E-state index < -0.39 is 59.8 Å². The molecule has 1 aromatic rings. The van der Waals surface area contributed by atoms with Gasteiger partial charge in [-0.2, -0.15) is 0 Å². The van der Waals surface area contributed by atoms with Crippen LogP contribution in [-0.4, -0.2) is 105 Å². The number of amides is 2. The minimum atomic E-state index is -1.78. The Kier molecular flexibility index (Phi) is 11.3. The first kappa shape index (κ1) is 36.7. The van der Waals surface area contributed by atoms with E-state index in [9.17, 15) is 19.5 Å². The molecule has 4 bridgehead atoms. The highest BCUT2D eigenvalue weighted by molar-refractivity contribution is 6.35. The summed E-state index contributed by atoms with van der Waals surface area (Å²) in [6.45, 7) is 7.44. The van der Waals surface area contributed by atoms with Gasteiger partial charge in [-0.1, -0.05) is 49.2 Å². The predicted octanol–water partition coefficient (Wildman–Crippen LogP) is 4.01. The molecule has 0 saturated carbocycles. The SMILES string of the molecule is CC[C@@H](C(=O)O[C@H]1CC(=O)N(C)c2cc(cc(OC)c2Cl)C/C(C)=C/C=C/[C@@H](OC)[C@@]2(O)C[C@H](OC(=O)N2)[C@@H](C)[C@@H]2O[C@@]12C)N(C)C. The van der Waals surface area contributed by atoms with Crippen molar-refractivity contribution in [3.8, 4) is 5.75 Å². The molecule has 3 aliphatic rings. The molecule has 2 fully saturated rings. The van der Waals surface area contributed by atoms with Gasteiger partial charge in [0.05, 0.1) is 25.3 Å².